The number of carbonyl (C=O) groups excluding carboxylic acids is 1. The summed E-state index contributed by atoms with van der Waals surface area (Å²) in [4.78, 5) is 27.5. The third-order valence-corrected chi connectivity index (χ3v) is 5.00. The summed E-state index contributed by atoms with van der Waals surface area (Å²) in [6, 6.07) is 7.89. The van der Waals surface area contributed by atoms with Gasteiger partial charge in [0.2, 0.25) is 0 Å². The molecule has 0 aromatic carbocycles. The highest BCUT2D eigenvalue weighted by molar-refractivity contribution is 5.92. The maximum absolute atomic E-state index is 12.6. The minimum absolute atomic E-state index is 0.0340. The number of carbonyl (C=O) groups is 1. The molecule has 6 nitrogen and oxygen atoms in total. The van der Waals surface area contributed by atoms with Gasteiger partial charge >= 0.3 is 0 Å². The maximum Gasteiger partial charge on any atom is 0.272 e. The second kappa shape index (κ2) is 8.76. The van der Waals surface area contributed by atoms with E-state index in [2.05, 4.69) is 26.7 Å². The quantitative estimate of drug-likeness (QED) is 0.794. The molecule has 0 aliphatic carbocycles. The van der Waals surface area contributed by atoms with Gasteiger partial charge < -0.3 is 14.7 Å². The van der Waals surface area contributed by atoms with Crippen LogP contribution in [0.5, 0.6) is 0 Å². The number of amides is 1. The number of anilines is 1. The van der Waals surface area contributed by atoms with Gasteiger partial charge in [0.15, 0.2) is 0 Å². The van der Waals surface area contributed by atoms with Crippen molar-refractivity contribution in [3.63, 3.8) is 0 Å². The molecule has 3 heterocycles. The normalized spacial score (nSPS) is 15.1. The van der Waals surface area contributed by atoms with Gasteiger partial charge in [0, 0.05) is 52.2 Å². The summed E-state index contributed by atoms with van der Waals surface area (Å²) in [5, 5.41) is 0. The summed E-state index contributed by atoms with van der Waals surface area (Å²) in [6.07, 6.45) is 6.37. The molecule has 1 saturated heterocycles. The van der Waals surface area contributed by atoms with Gasteiger partial charge in [0.1, 0.15) is 5.69 Å². The van der Waals surface area contributed by atoms with Crippen molar-refractivity contribution in [2.24, 2.45) is 0 Å². The summed E-state index contributed by atoms with van der Waals surface area (Å²) in [6.45, 7) is 7.53. The number of hydrogen-bond donors (Lipinski definition) is 0. The molecule has 0 atom stereocenters. The number of piperazine rings is 1. The Morgan fingerprint density at radius 1 is 1.12 bits per heavy atom. The van der Waals surface area contributed by atoms with Crippen molar-refractivity contribution < 1.29 is 4.79 Å². The first-order valence-corrected chi connectivity index (χ1v) is 9.25. The first-order valence-electron chi connectivity index (χ1n) is 9.25. The summed E-state index contributed by atoms with van der Waals surface area (Å²) < 4.78 is 0. The highest BCUT2D eigenvalue weighted by atomic mass is 16.2. The van der Waals surface area contributed by atoms with Gasteiger partial charge in [-0.15, -0.1) is 0 Å². The molecule has 1 fully saturated rings. The van der Waals surface area contributed by atoms with Crippen molar-refractivity contribution in [1.82, 2.24) is 19.8 Å². The van der Waals surface area contributed by atoms with Crippen LogP contribution >= 0.6 is 0 Å². The molecule has 3 rings (SSSR count). The average molecular weight is 353 g/mol. The Bertz CT molecular complexity index is 696. The predicted octanol–water partition coefficient (Wildman–Crippen LogP) is 1.93. The Balaban J connectivity index is 1.55. The lowest BCUT2D eigenvalue weighted by Crippen LogP contribution is -2.48. The van der Waals surface area contributed by atoms with E-state index in [0.717, 1.165) is 51.4 Å². The second-order valence-electron chi connectivity index (χ2n) is 6.66. The SMILES string of the molecule is CCN1CCN(C(=O)c2ccc(N(C)CCc3ccncc3)cn2)CC1. The summed E-state index contributed by atoms with van der Waals surface area (Å²) >= 11 is 0. The number of nitrogens with zero attached hydrogens (tertiary/aromatic N) is 5. The molecule has 26 heavy (non-hydrogen) atoms. The number of aromatic nitrogens is 2. The topological polar surface area (TPSA) is 52.6 Å². The molecule has 0 N–H and O–H groups in total. The zero-order valence-electron chi connectivity index (χ0n) is 15.6. The molecular weight excluding hydrogens is 326 g/mol. The summed E-state index contributed by atoms with van der Waals surface area (Å²) in [5.74, 6) is 0.0340. The Morgan fingerprint density at radius 2 is 1.85 bits per heavy atom. The van der Waals surface area contributed by atoms with E-state index in [9.17, 15) is 4.79 Å². The standard InChI is InChI=1S/C20H27N5O/c1-3-24-12-14-25(15-13-24)20(26)19-5-4-18(16-22-19)23(2)11-8-17-6-9-21-10-7-17/h4-7,9-10,16H,3,8,11-15H2,1-2H3. The van der Waals surface area contributed by atoms with Gasteiger partial charge in [-0.2, -0.15) is 0 Å². The van der Waals surface area contributed by atoms with Crippen LogP contribution in [-0.4, -0.2) is 72.0 Å². The van der Waals surface area contributed by atoms with Crippen molar-refractivity contribution >= 4 is 11.6 Å². The Kier molecular flexibility index (Phi) is 6.17. The molecule has 0 saturated carbocycles. The van der Waals surface area contributed by atoms with E-state index in [1.807, 2.05) is 48.6 Å². The lowest BCUT2D eigenvalue weighted by molar-refractivity contribution is 0.0637. The van der Waals surface area contributed by atoms with E-state index in [-0.39, 0.29) is 5.91 Å². The first-order chi connectivity index (χ1) is 12.7. The van der Waals surface area contributed by atoms with E-state index >= 15 is 0 Å². The third kappa shape index (κ3) is 4.58. The van der Waals surface area contributed by atoms with Gasteiger partial charge in [-0.3, -0.25) is 9.78 Å². The van der Waals surface area contributed by atoms with Gasteiger partial charge in [-0.05, 0) is 42.8 Å². The minimum Gasteiger partial charge on any atom is -0.373 e. The molecule has 0 spiro atoms. The Hall–Kier alpha value is -2.47. The van der Waals surface area contributed by atoms with Crippen LogP contribution in [0.4, 0.5) is 5.69 Å². The molecule has 2 aromatic rings. The number of pyridine rings is 2. The van der Waals surface area contributed by atoms with Gasteiger partial charge in [0.25, 0.3) is 5.91 Å². The second-order valence-corrected chi connectivity index (χ2v) is 6.66. The smallest absolute Gasteiger partial charge is 0.272 e. The van der Waals surface area contributed by atoms with Crippen LogP contribution in [0.1, 0.15) is 23.0 Å². The summed E-state index contributed by atoms with van der Waals surface area (Å²) in [7, 11) is 2.05. The van der Waals surface area contributed by atoms with E-state index in [1.54, 1.807) is 6.20 Å². The average Bonchev–Trinajstić information content (AvgIpc) is 2.72. The fourth-order valence-corrected chi connectivity index (χ4v) is 3.14. The monoisotopic (exact) mass is 353 g/mol. The van der Waals surface area contributed by atoms with Crippen molar-refractivity contribution in [3.05, 3.63) is 54.1 Å². The highest BCUT2D eigenvalue weighted by Crippen LogP contribution is 2.14. The van der Waals surface area contributed by atoms with Gasteiger partial charge in [-0.1, -0.05) is 6.92 Å². The fourth-order valence-electron chi connectivity index (χ4n) is 3.14. The maximum atomic E-state index is 12.6. The first kappa shape index (κ1) is 18.3. The van der Waals surface area contributed by atoms with Crippen LogP contribution in [0.3, 0.4) is 0 Å². The molecule has 0 unspecified atom stereocenters. The number of rotatable bonds is 6. The number of hydrogen-bond acceptors (Lipinski definition) is 5. The van der Waals surface area contributed by atoms with Crippen molar-refractivity contribution in [1.29, 1.82) is 0 Å². The lowest BCUT2D eigenvalue weighted by atomic mass is 10.2. The Morgan fingerprint density at radius 3 is 2.46 bits per heavy atom. The molecule has 0 radical (unpaired) electrons. The minimum atomic E-state index is 0.0340. The Labute approximate surface area is 155 Å². The molecule has 6 heteroatoms. The highest BCUT2D eigenvalue weighted by Gasteiger charge is 2.22. The largest absolute Gasteiger partial charge is 0.373 e. The van der Waals surface area contributed by atoms with E-state index in [4.69, 9.17) is 0 Å². The van der Waals surface area contributed by atoms with Crippen LogP contribution in [-0.2, 0) is 6.42 Å². The van der Waals surface area contributed by atoms with Crippen LogP contribution in [0, 0.1) is 0 Å². The van der Waals surface area contributed by atoms with Gasteiger partial charge in [-0.25, -0.2) is 4.98 Å². The van der Waals surface area contributed by atoms with Crippen molar-refractivity contribution in [2.75, 3.05) is 51.2 Å². The molecule has 1 aliphatic heterocycles. The lowest BCUT2D eigenvalue weighted by Gasteiger charge is -2.33. The van der Waals surface area contributed by atoms with Crippen LogP contribution in [0.15, 0.2) is 42.9 Å². The van der Waals surface area contributed by atoms with Crippen LogP contribution in [0.25, 0.3) is 0 Å². The van der Waals surface area contributed by atoms with E-state index in [0.29, 0.717) is 5.69 Å². The molecule has 2 aromatic heterocycles. The molecular formula is C20H27N5O. The van der Waals surface area contributed by atoms with Crippen molar-refractivity contribution in [2.45, 2.75) is 13.3 Å². The third-order valence-electron chi connectivity index (χ3n) is 5.00. The molecule has 1 amide bonds. The van der Waals surface area contributed by atoms with Crippen LogP contribution in [0.2, 0.25) is 0 Å². The predicted molar refractivity (Wildman–Crippen MR) is 103 cm³/mol. The fraction of sp³-hybridized carbons (Fsp3) is 0.450. The number of likely N-dealkylation sites (N-methyl/N-ethyl adjacent to an activating group) is 2. The van der Waals surface area contributed by atoms with E-state index < -0.39 is 0 Å². The molecule has 1 aliphatic rings. The van der Waals surface area contributed by atoms with Crippen molar-refractivity contribution in [3.8, 4) is 0 Å². The zero-order valence-corrected chi connectivity index (χ0v) is 15.6. The van der Waals surface area contributed by atoms with E-state index in [1.165, 1.54) is 5.56 Å². The molecule has 138 valence electrons. The summed E-state index contributed by atoms with van der Waals surface area (Å²) in [5.41, 5.74) is 2.81. The van der Waals surface area contributed by atoms with Crippen LogP contribution < -0.4 is 4.90 Å². The van der Waals surface area contributed by atoms with Gasteiger partial charge in [0.05, 0.1) is 11.9 Å². The molecule has 0 bridgehead atoms. The zero-order chi connectivity index (χ0) is 18.4.